The Hall–Kier alpha value is -3.21. The van der Waals surface area contributed by atoms with Gasteiger partial charge in [-0.15, -0.1) is 10.2 Å². The summed E-state index contributed by atoms with van der Waals surface area (Å²) in [6.07, 6.45) is 3.39. The Labute approximate surface area is 158 Å². The summed E-state index contributed by atoms with van der Waals surface area (Å²) in [6.45, 7) is 2.00. The first-order chi connectivity index (χ1) is 13.0. The van der Waals surface area contributed by atoms with Crippen LogP contribution in [0.4, 0.5) is 10.8 Å². The van der Waals surface area contributed by atoms with Crippen LogP contribution in [0.5, 0.6) is 0 Å². The van der Waals surface area contributed by atoms with Crippen molar-refractivity contribution >= 4 is 40.2 Å². The molecule has 10 nitrogen and oxygen atoms in total. The largest absolute Gasteiger partial charge is 0.301 e. The summed E-state index contributed by atoms with van der Waals surface area (Å²) in [5.74, 6) is -0.553. The number of nitro groups is 1. The van der Waals surface area contributed by atoms with E-state index in [1.807, 2.05) is 6.92 Å². The molecular weight excluding hydrogens is 372 g/mol. The Bertz CT molecular complexity index is 851. The second-order valence-electron chi connectivity index (χ2n) is 5.47. The number of aromatic nitrogens is 2. The molecule has 1 aromatic heterocycles. The highest BCUT2D eigenvalue weighted by Gasteiger charge is 2.11. The number of nitrogens with one attached hydrogen (secondary N) is 2. The van der Waals surface area contributed by atoms with Gasteiger partial charge in [-0.25, -0.2) is 5.43 Å². The summed E-state index contributed by atoms with van der Waals surface area (Å²) in [6, 6.07) is 5.86. The van der Waals surface area contributed by atoms with E-state index in [1.165, 1.54) is 24.4 Å². The molecule has 1 heterocycles. The fourth-order valence-electron chi connectivity index (χ4n) is 1.97. The van der Waals surface area contributed by atoms with Crippen LogP contribution in [-0.4, -0.2) is 33.1 Å². The molecular formula is C16H18N6O4S. The van der Waals surface area contributed by atoms with E-state index in [4.69, 9.17) is 0 Å². The molecule has 2 aromatic rings. The zero-order valence-corrected chi connectivity index (χ0v) is 15.4. The predicted octanol–water partition coefficient (Wildman–Crippen LogP) is 2.27. The lowest BCUT2D eigenvalue weighted by molar-refractivity contribution is -0.384. The molecule has 142 valence electrons. The molecule has 0 unspecified atom stereocenters. The lowest BCUT2D eigenvalue weighted by atomic mass is 10.2. The molecule has 0 bridgehead atoms. The fraction of sp³-hybridized carbons (Fsp3) is 0.312. The topological polar surface area (TPSA) is 139 Å². The third-order valence-electron chi connectivity index (χ3n) is 3.27. The van der Waals surface area contributed by atoms with Gasteiger partial charge in [-0.3, -0.25) is 19.7 Å². The summed E-state index contributed by atoms with van der Waals surface area (Å²) in [5.41, 5.74) is 2.74. The maximum absolute atomic E-state index is 11.9. The molecule has 2 rings (SSSR count). The Kier molecular flexibility index (Phi) is 7.49. The molecule has 0 aliphatic carbocycles. The number of hydrazone groups is 1. The summed E-state index contributed by atoms with van der Waals surface area (Å²) in [4.78, 5) is 33.7. The summed E-state index contributed by atoms with van der Waals surface area (Å²) >= 11 is 1.12. The monoisotopic (exact) mass is 390 g/mol. The molecule has 1 aromatic carbocycles. The Morgan fingerprint density at radius 1 is 1.33 bits per heavy atom. The molecule has 2 amide bonds. The average Bonchev–Trinajstić information content (AvgIpc) is 3.06. The second kappa shape index (κ2) is 10.1. The van der Waals surface area contributed by atoms with Gasteiger partial charge in [0.25, 0.3) is 5.69 Å². The molecule has 2 N–H and O–H groups in total. The van der Waals surface area contributed by atoms with Crippen molar-refractivity contribution in [2.45, 2.75) is 32.6 Å². The van der Waals surface area contributed by atoms with Crippen LogP contribution < -0.4 is 10.7 Å². The third kappa shape index (κ3) is 6.90. The number of anilines is 1. The number of nitrogens with zero attached hydrogens (tertiary/aromatic N) is 4. The van der Waals surface area contributed by atoms with E-state index in [0.717, 1.165) is 24.2 Å². The van der Waals surface area contributed by atoms with Crippen molar-refractivity contribution in [1.82, 2.24) is 15.6 Å². The zero-order valence-electron chi connectivity index (χ0n) is 14.5. The first-order valence-corrected chi connectivity index (χ1v) is 8.98. The van der Waals surface area contributed by atoms with Crippen LogP contribution in [0.2, 0.25) is 0 Å². The van der Waals surface area contributed by atoms with Crippen LogP contribution in [0.25, 0.3) is 0 Å². The third-order valence-corrected chi connectivity index (χ3v) is 4.10. The number of hydrogen-bond acceptors (Lipinski definition) is 8. The number of carbonyl (C=O) groups excluding carboxylic acids is 2. The van der Waals surface area contributed by atoms with E-state index in [1.54, 1.807) is 6.07 Å². The van der Waals surface area contributed by atoms with Crippen molar-refractivity contribution in [2.75, 3.05) is 5.32 Å². The first-order valence-electron chi connectivity index (χ1n) is 8.16. The number of hydrogen-bond donors (Lipinski definition) is 2. The minimum Gasteiger partial charge on any atom is -0.301 e. The molecule has 0 aliphatic heterocycles. The number of amides is 2. The van der Waals surface area contributed by atoms with Crippen molar-refractivity contribution in [3.05, 3.63) is 45.0 Å². The fourth-order valence-corrected chi connectivity index (χ4v) is 2.72. The smallest absolute Gasteiger partial charge is 0.270 e. The minimum absolute atomic E-state index is 0.0469. The molecule has 0 aliphatic rings. The molecule has 27 heavy (non-hydrogen) atoms. The number of unbranched alkanes of at least 4 members (excludes halogenated alkanes) is 1. The Morgan fingerprint density at radius 3 is 2.89 bits per heavy atom. The van der Waals surface area contributed by atoms with Gasteiger partial charge in [0, 0.05) is 24.1 Å². The van der Waals surface area contributed by atoms with E-state index in [2.05, 4.69) is 26.0 Å². The van der Waals surface area contributed by atoms with Gasteiger partial charge in [0.1, 0.15) is 5.01 Å². The highest BCUT2D eigenvalue weighted by Crippen LogP contribution is 2.16. The number of carbonyl (C=O) groups is 2. The van der Waals surface area contributed by atoms with Crippen molar-refractivity contribution in [1.29, 1.82) is 0 Å². The van der Waals surface area contributed by atoms with Gasteiger partial charge in [-0.2, -0.15) is 5.10 Å². The number of nitro benzene ring substituents is 1. The van der Waals surface area contributed by atoms with Gasteiger partial charge in [-0.1, -0.05) is 36.8 Å². The number of rotatable bonds is 9. The van der Waals surface area contributed by atoms with Gasteiger partial charge in [0.2, 0.25) is 16.9 Å². The van der Waals surface area contributed by atoms with Gasteiger partial charge >= 0.3 is 0 Å². The maximum Gasteiger partial charge on any atom is 0.270 e. The highest BCUT2D eigenvalue weighted by atomic mass is 32.1. The molecule has 0 fully saturated rings. The van der Waals surface area contributed by atoms with Crippen LogP contribution in [0.15, 0.2) is 29.4 Å². The van der Waals surface area contributed by atoms with Gasteiger partial charge in [0.05, 0.1) is 17.6 Å². The van der Waals surface area contributed by atoms with Gasteiger partial charge in [0.15, 0.2) is 0 Å². The van der Waals surface area contributed by atoms with Crippen molar-refractivity contribution in [3.63, 3.8) is 0 Å². The highest BCUT2D eigenvalue weighted by molar-refractivity contribution is 7.15. The van der Waals surface area contributed by atoms with E-state index in [0.29, 0.717) is 22.1 Å². The summed E-state index contributed by atoms with van der Waals surface area (Å²) < 4.78 is 0. The van der Waals surface area contributed by atoms with Crippen LogP contribution in [-0.2, 0) is 16.0 Å². The van der Waals surface area contributed by atoms with Crippen LogP contribution >= 0.6 is 11.3 Å². The first kappa shape index (κ1) is 20.1. The van der Waals surface area contributed by atoms with Crippen LogP contribution in [0, 0.1) is 10.1 Å². The summed E-state index contributed by atoms with van der Waals surface area (Å²) in [7, 11) is 0. The van der Waals surface area contributed by atoms with E-state index >= 15 is 0 Å². The van der Waals surface area contributed by atoms with Crippen molar-refractivity contribution in [2.24, 2.45) is 5.10 Å². The van der Waals surface area contributed by atoms with Crippen molar-refractivity contribution in [3.8, 4) is 0 Å². The SMILES string of the molecule is CCCCC(=O)Nc1nnc(CC(=O)N/N=C\c2cccc([N+](=O)[O-])c2)s1. The standard InChI is InChI=1S/C16H18N6O4S/c1-2-3-7-13(23)18-16-21-20-15(27-16)9-14(24)19-17-10-11-5-4-6-12(8-11)22(25)26/h4-6,8,10H,2-3,7,9H2,1H3,(H,19,24)(H,18,21,23)/b17-10-. The Balaban J connectivity index is 1.83. The second-order valence-corrected chi connectivity index (χ2v) is 6.54. The van der Waals surface area contributed by atoms with Gasteiger partial charge < -0.3 is 5.32 Å². The minimum atomic E-state index is -0.510. The van der Waals surface area contributed by atoms with E-state index in [-0.39, 0.29) is 18.0 Å². The molecule has 0 radical (unpaired) electrons. The van der Waals surface area contributed by atoms with E-state index < -0.39 is 10.8 Å². The molecule has 0 saturated heterocycles. The normalized spacial score (nSPS) is 10.7. The lowest BCUT2D eigenvalue weighted by Gasteiger charge is -1.98. The average molecular weight is 390 g/mol. The molecule has 0 saturated carbocycles. The van der Waals surface area contributed by atoms with Gasteiger partial charge in [-0.05, 0) is 6.42 Å². The zero-order chi connectivity index (χ0) is 19.6. The van der Waals surface area contributed by atoms with E-state index in [9.17, 15) is 19.7 Å². The number of non-ortho nitro benzene ring substituents is 1. The van der Waals surface area contributed by atoms with Crippen molar-refractivity contribution < 1.29 is 14.5 Å². The van der Waals surface area contributed by atoms with Crippen LogP contribution in [0.3, 0.4) is 0 Å². The maximum atomic E-state index is 11.9. The molecule has 0 spiro atoms. The lowest BCUT2D eigenvalue weighted by Crippen LogP contribution is -2.19. The number of benzene rings is 1. The quantitative estimate of drug-likeness (QED) is 0.382. The predicted molar refractivity (Wildman–Crippen MR) is 101 cm³/mol. The Morgan fingerprint density at radius 2 is 2.15 bits per heavy atom. The molecule has 11 heteroatoms. The molecule has 0 atom stereocenters. The summed E-state index contributed by atoms with van der Waals surface area (Å²) in [5, 5.41) is 25.6. The van der Waals surface area contributed by atoms with Crippen LogP contribution in [0.1, 0.15) is 36.8 Å².